The molecule has 0 aromatic carbocycles. The number of methoxy groups -OCH3 is 1. The standard InChI is InChI=1S/C6H9N3O3/c1-8-3-6(9(10)11)5(7-8)4-12-2/h3H,4H2,1-2H3. The Morgan fingerprint density at radius 1 is 1.83 bits per heavy atom. The third-order valence-corrected chi connectivity index (χ3v) is 1.36. The third kappa shape index (κ3) is 1.59. The molecular formula is C6H9N3O3. The lowest BCUT2D eigenvalue weighted by atomic mass is 10.4. The van der Waals surface area contributed by atoms with Crippen LogP contribution < -0.4 is 0 Å². The summed E-state index contributed by atoms with van der Waals surface area (Å²) in [5, 5.41) is 14.3. The largest absolute Gasteiger partial charge is 0.378 e. The maximum atomic E-state index is 10.4. The highest BCUT2D eigenvalue weighted by Crippen LogP contribution is 2.16. The quantitative estimate of drug-likeness (QED) is 0.489. The van der Waals surface area contributed by atoms with Gasteiger partial charge in [0.15, 0.2) is 5.69 Å². The molecule has 66 valence electrons. The fraction of sp³-hybridized carbons (Fsp3) is 0.500. The molecule has 0 aliphatic heterocycles. The monoisotopic (exact) mass is 171 g/mol. The molecule has 0 amide bonds. The first kappa shape index (κ1) is 8.66. The number of hydrogen-bond acceptors (Lipinski definition) is 4. The van der Waals surface area contributed by atoms with Crippen molar-refractivity contribution in [2.24, 2.45) is 7.05 Å². The second-order valence-corrected chi connectivity index (χ2v) is 2.32. The zero-order valence-corrected chi connectivity index (χ0v) is 6.85. The van der Waals surface area contributed by atoms with Crippen molar-refractivity contribution < 1.29 is 9.66 Å². The molecule has 1 rings (SSSR count). The molecule has 0 bridgehead atoms. The zero-order chi connectivity index (χ0) is 9.14. The summed E-state index contributed by atoms with van der Waals surface area (Å²) in [6.07, 6.45) is 1.36. The van der Waals surface area contributed by atoms with Crippen molar-refractivity contribution in [3.63, 3.8) is 0 Å². The van der Waals surface area contributed by atoms with Crippen LogP contribution in [0.15, 0.2) is 6.20 Å². The number of nitro groups is 1. The Labute approximate surface area is 68.9 Å². The van der Waals surface area contributed by atoms with Crippen LogP contribution in [0.25, 0.3) is 0 Å². The lowest BCUT2D eigenvalue weighted by Crippen LogP contribution is -1.95. The predicted octanol–water partition coefficient (Wildman–Crippen LogP) is 0.475. The number of ether oxygens (including phenoxy) is 1. The average Bonchev–Trinajstić information content (AvgIpc) is 2.32. The molecule has 0 fully saturated rings. The molecule has 0 N–H and O–H groups in total. The Hall–Kier alpha value is -1.43. The molecule has 0 aliphatic carbocycles. The fourth-order valence-electron chi connectivity index (χ4n) is 0.914. The molecule has 0 radical (unpaired) electrons. The molecular weight excluding hydrogens is 162 g/mol. The number of aryl methyl sites for hydroxylation is 1. The van der Waals surface area contributed by atoms with Gasteiger partial charge in [-0.1, -0.05) is 0 Å². The van der Waals surface area contributed by atoms with E-state index in [0.29, 0.717) is 5.69 Å². The van der Waals surface area contributed by atoms with Gasteiger partial charge in [-0.2, -0.15) is 5.10 Å². The van der Waals surface area contributed by atoms with Crippen LogP contribution in [-0.2, 0) is 18.4 Å². The van der Waals surface area contributed by atoms with Crippen LogP contribution in [-0.4, -0.2) is 21.8 Å². The lowest BCUT2D eigenvalue weighted by molar-refractivity contribution is -0.386. The highest BCUT2D eigenvalue weighted by Gasteiger charge is 2.17. The van der Waals surface area contributed by atoms with Crippen LogP contribution in [0, 0.1) is 10.1 Å². The maximum Gasteiger partial charge on any atom is 0.312 e. The maximum absolute atomic E-state index is 10.4. The van der Waals surface area contributed by atoms with Gasteiger partial charge in [0.05, 0.1) is 11.5 Å². The SMILES string of the molecule is COCc1nn(C)cc1[N+](=O)[O-]. The van der Waals surface area contributed by atoms with Gasteiger partial charge in [0.1, 0.15) is 6.20 Å². The molecule has 0 saturated carbocycles. The van der Waals surface area contributed by atoms with Crippen molar-refractivity contribution >= 4 is 5.69 Å². The first-order valence-corrected chi connectivity index (χ1v) is 3.31. The van der Waals surface area contributed by atoms with E-state index in [1.54, 1.807) is 7.05 Å². The van der Waals surface area contributed by atoms with E-state index in [-0.39, 0.29) is 12.3 Å². The molecule has 0 aliphatic rings. The van der Waals surface area contributed by atoms with Crippen molar-refractivity contribution in [2.75, 3.05) is 7.11 Å². The van der Waals surface area contributed by atoms with Crippen molar-refractivity contribution in [2.45, 2.75) is 6.61 Å². The van der Waals surface area contributed by atoms with E-state index in [4.69, 9.17) is 4.74 Å². The lowest BCUT2D eigenvalue weighted by Gasteiger charge is -1.91. The predicted molar refractivity (Wildman–Crippen MR) is 40.6 cm³/mol. The van der Waals surface area contributed by atoms with Crippen LogP contribution in [0.2, 0.25) is 0 Å². The van der Waals surface area contributed by atoms with Crippen LogP contribution in [0.5, 0.6) is 0 Å². The number of hydrogen-bond donors (Lipinski definition) is 0. The van der Waals surface area contributed by atoms with Gasteiger partial charge in [-0.25, -0.2) is 0 Å². The number of nitrogens with zero attached hydrogens (tertiary/aromatic N) is 3. The van der Waals surface area contributed by atoms with Crippen LogP contribution in [0.1, 0.15) is 5.69 Å². The van der Waals surface area contributed by atoms with Gasteiger partial charge >= 0.3 is 5.69 Å². The van der Waals surface area contributed by atoms with Gasteiger partial charge in [0.2, 0.25) is 0 Å². The summed E-state index contributed by atoms with van der Waals surface area (Å²) in [5.74, 6) is 0. The van der Waals surface area contributed by atoms with Gasteiger partial charge in [-0.15, -0.1) is 0 Å². The Morgan fingerprint density at radius 2 is 2.50 bits per heavy atom. The molecule has 1 aromatic heterocycles. The molecule has 1 heterocycles. The Bertz CT molecular complexity index is 294. The molecule has 1 aromatic rings. The van der Waals surface area contributed by atoms with Crippen LogP contribution in [0.4, 0.5) is 5.69 Å². The van der Waals surface area contributed by atoms with E-state index in [0.717, 1.165) is 0 Å². The Balaban J connectivity index is 2.99. The summed E-state index contributed by atoms with van der Waals surface area (Å²) in [7, 11) is 3.10. The normalized spacial score (nSPS) is 10.2. The van der Waals surface area contributed by atoms with Gasteiger partial charge in [-0.05, 0) is 0 Å². The second-order valence-electron chi connectivity index (χ2n) is 2.32. The van der Waals surface area contributed by atoms with E-state index in [2.05, 4.69) is 5.10 Å². The molecule has 0 spiro atoms. The summed E-state index contributed by atoms with van der Waals surface area (Å²) in [5.41, 5.74) is 0.351. The smallest absolute Gasteiger partial charge is 0.312 e. The molecule has 12 heavy (non-hydrogen) atoms. The first-order valence-electron chi connectivity index (χ1n) is 3.31. The van der Waals surface area contributed by atoms with Gasteiger partial charge in [0.25, 0.3) is 0 Å². The number of rotatable bonds is 3. The topological polar surface area (TPSA) is 70.2 Å². The highest BCUT2D eigenvalue weighted by molar-refractivity contribution is 5.31. The van der Waals surface area contributed by atoms with E-state index in [9.17, 15) is 10.1 Å². The number of aromatic nitrogens is 2. The summed E-state index contributed by atoms with van der Waals surface area (Å²) in [6, 6.07) is 0. The minimum Gasteiger partial charge on any atom is -0.378 e. The van der Waals surface area contributed by atoms with Crippen molar-refractivity contribution in [3.05, 3.63) is 22.0 Å². The van der Waals surface area contributed by atoms with E-state index in [1.807, 2.05) is 0 Å². The second kappa shape index (κ2) is 3.31. The average molecular weight is 171 g/mol. The molecule has 6 nitrogen and oxygen atoms in total. The van der Waals surface area contributed by atoms with Gasteiger partial charge in [-0.3, -0.25) is 14.8 Å². The molecule has 0 saturated heterocycles. The van der Waals surface area contributed by atoms with Gasteiger partial charge in [0, 0.05) is 14.2 Å². The van der Waals surface area contributed by atoms with Crippen molar-refractivity contribution in [3.8, 4) is 0 Å². The minimum atomic E-state index is -0.471. The Morgan fingerprint density at radius 3 is 3.00 bits per heavy atom. The van der Waals surface area contributed by atoms with E-state index >= 15 is 0 Å². The van der Waals surface area contributed by atoms with Gasteiger partial charge < -0.3 is 4.74 Å². The van der Waals surface area contributed by atoms with Crippen molar-refractivity contribution in [1.82, 2.24) is 9.78 Å². The van der Waals surface area contributed by atoms with Crippen molar-refractivity contribution in [1.29, 1.82) is 0 Å². The van der Waals surface area contributed by atoms with Crippen LogP contribution in [0.3, 0.4) is 0 Å². The van der Waals surface area contributed by atoms with Crippen LogP contribution >= 0.6 is 0 Å². The summed E-state index contributed by atoms with van der Waals surface area (Å²) >= 11 is 0. The minimum absolute atomic E-state index is 0.000602. The zero-order valence-electron chi connectivity index (χ0n) is 6.85. The van der Waals surface area contributed by atoms with E-state index in [1.165, 1.54) is 18.0 Å². The first-order chi connectivity index (χ1) is 5.65. The van der Waals surface area contributed by atoms with E-state index < -0.39 is 4.92 Å². The Kier molecular flexibility index (Phi) is 2.39. The summed E-state index contributed by atoms with van der Waals surface area (Å²) in [6.45, 7) is 0.164. The summed E-state index contributed by atoms with van der Waals surface area (Å²) in [4.78, 5) is 9.94. The third-order valence-electron chi connectivity index (χ3n) is 1.36. The fourth-order valence-corrected chi connectivity index (χ4v) is 0.914. The highest BCUT2D eigenvalue weighted by atomic mass is 16.6. The molecule has 6 heteroatoms. The summed E-state index contributed by atoms with van der Waals surface area (Å²) < 4.78 is 6.15. The molecule has 0 unspecified atom stereocenters. The molecule has 0 atom stereocenters.